The van der Waals surface area contributed by atoms with E-state index in [-0.39, 0.29) is 12.6 Å². The highest BCUT2D eigenvalue weighted by Crippen LogP contribution is 2.11. The summed E-state index contributed by atoms with van der Waals surface area (Å²) in [5.74, 6) is -0.349. The summed E-state index contributed by atoms with van der Waals surface area (Å²) in [6.45, 7) is 0.825. The molecule has 0 fully saturated rings. The summed E-state index contributed by atoms with van der Waals surface area (Å²) in [6.07, 6.45) is 1.87. The number of halogens is 1. The van der Waals surface area contributed by atoms with Gasteiger partial charge in [0.05, 0.1) is 11.3 Å². The Bertz CT molecular complexity index is 406. The molecule has 0 aromatic heterocycles. The maximum absolute atomic E-state index is 11.6. The predicted octanol–water partition coefficient (Wildman–Crippen LogP) is 1.70. The molecule has 0 spiro atoms. The topological polar surface area (TPSA) is 41.6 Å². The van der Waals surface area contributed by atoms with Gasteiger partial charge in [-0.2, -0.15) is 0 Å². The van der Waals surface area contributed by atoms with Crippen LogP contribution in [-0.4, -0.2) is 23.6 Å². The van der Waals surface area contributed by atoms with Crippen LogP contribution in [0.25, 0.3) is 0 Å². The molecule has 0 bridgehead atoms. The van der Waals surface area contributed by atoms with Crippen LogP contribution in [0.5, 0.6) is 0 Å². The summed E-state index contributed by atoms with van der Waals surface area (Å²) < 4.78 is 6.44. The molecule has 16 heavy (non-hydrogen) atoms. The maximum Gasteiger partial charge on any atom is 0.338 e. The average Bonchev–Trinajstić information content (AvgIpc) is 2.73. The number of esters is 1. The molecule has 1 aromatic carbocycles. The minimum atomic E-state index is -0.349. The zero-order valence-corrected chi connectivity index (χ0v) is 9.28. The third-order valence-corrected chi connectivity index (χ3v) is 2.52. The fraction of sp³-hybridized carbons (Fsp3) is 0.182. The van der Waals surface area contributed by atoms with E-state index < -0.39 is 0 Å². The number of ether oxygens (including phenoxy) is 1. The molecule has 2 rings (SSSR count). The van der Waals surface area contributed by atoms with Gasteiger partial charge >= 0.3 is 5.97 Å². The van der Waals surface area contributed by atoms with Gasteiger partial charge in [0.2, 0.25) is 0 Å². The minimum Gasteiger partial charge on any atom is -0.456 e. The van der Waals surface area contributed by atoms with E-state index in [1.807, 2.05) is 12.1 Å². The molecular weight excluding hydrogens is 228 g/mol. The summed E-state index contributed by atoms with van der Waals surface area (Å²) in [7, 11) is 0. The molecule has 0 saturated carbocycles. The van der Waals surface area contributed by atoms with Crippen LogP contribution in [0, 0.1) is 0 Å². The summed E-state index contributed by atoms with van der Waals surface area (Å²) in [5, 5.41) is 0. The van der Waals surface area contributed by atoms with Crippen molar-refractivity contribution in [3.63, 3.8) is 0 Å². The van der Waals surface area contributed by atoms with Crippen molar-refractivity contribution in [3.05, 3.63) is 47.7 Å². The molecule has 84 valence electrons. The average molecular weight is 239 g/mol. The summed E-state index contributed by atoms with van der Waals surface area (Å²) in [5.41, 5.74) is 4.13. The van der Waals surface area contributed by atoms with Crippen LogP contribution in [0.3, 0.4) is 0 Å². The second-order valence-electron chi connectivity index (χ2n) is 3.28. The number of rotatable bonds is 3. The van der Waals surface area contributed by atoms with Gasteiger partial charge in [-0.1, -0.05) is 18.2 Å². The number of carbonyl (C=O) groups is 1. The highest BCUT2D eigenvalue weighted by atomic mass is 35.5. The van der Waals surface area contributed by atoms with Crippen molar-refractivity contribution in [2.24, 2.45) is 0 Å². The molecule has 0 amide bonds. The Labute approximate surface area is 98.5 Å². The number of hydrogen-bond acceptors (Lipinski definition) is 4. The lowest BCUT2D eigenvalue weighted by Crippen LogP contribution is -2.24. The van der Waals surface area contributed by atoms with E-state index in [1.54, 1.807) is 24.3 Å². The van der Waals surface area contributed by atoms with Crippen LogP contribution >= 0.6 is 11.8 Å². The smallest absolute Gasteiger partial charge is 0.338 e. The molecule has 0 saturated heterocycles. The van der Waals surface area contributed by atoms with Gasteiger partial charge < -0.3 is 4.74 Å². The summed E-state index contributed by atoms with van der Waals surface area (Å²) in [4.78, 5) is 11.6. The van der Waals surface area contributed by atoms with E-state index in [1.165, 1.54) is 4.53 Å². The largest absolute Gasteiger partial charge is 0.456 e. The molecule has 1 aliphatic rings. The summed E-state index contributed by atoms with van der Waals surface area (Å²) >= 11 is 5.77. The number of hydrazine groups is 1. The zero-order valence-electron chi connectivity index (χ0n) is 8.52. The zero-order chi connectivity index (χ0) is 11.4. The highest BCUT2D eigenvalue weighted by molar-refractivity contribution is 6.14. The quantitative estimate of drug-likeness (QED) is 0.643. The van der Waals surface area contributed by atoms with Gasteiger partial charge in [-0.25, -0.2) is 14.7 Å². The number of nitrogens with one attached hydrogen (secondary N) is 1. The fourth-order valence-corrected chi connectivity index (χ4v) is 1.52. The van der Waals surface area contributed by atoms with Gasteiger partial charge in [-0.3, -0.25) is 0 Å². The first kappa shape index (κ1) is 11.0. The third kappa shape index (κ3) is 2.53. The van der Waals surface area contributed by atoms with E-state index >= 15 is 0 Å². The number of nitrogens with zero attached hydrogens (tertiary/aromatic N) is 1. The molecule has 4 nitrogen and oxygen atoms in total. The van der Waals surface area contributed by atoms with E-state index in [9.17, 15) is 4.79 Å². The predicted molar refractivity (Wildman–Crippen MR) is 60.5 cm³/mol. The van der Waals surface area contributed by atoms with Crippen molar-refractivity contribution in [1.29, 1.82) is 0 Å². The van der Waals surface area contributed by atoms with Crippen molar-refractivity contribution in [2.75, 3.05) is 13.2 Å². The van der Waals surface area contributed by atoms with Gasteiger partial charge in [0.1, 0.15) is 6.61 Å². The first-order valence-electron chi connectivity index (χ1n) is 4.88. The monoisotopic (exact) mass is 238 g/mol. The van der Waals surface area contributed by atoms with E-state index in [4.69, 9.17) is 16.5 Å². The maximum atomic E-state index is 11.6. The number of benzene rings is 1. The van der Waals surface area contributed by atoms with Crippen molar-refractivity contribution < 1.29 is 9.53 Å². The molecule has 1 aliphatic heterocycles. The van der Waals surface area contributed by atoms with E-state index in [2.05, 4.69) is 5.43 Å². The second kappa shape index (κ2) is 5.01. The molecule has 5 heteroatoms. The van der Waals surface area contributed by atoms with Gasteiger partial charge in [0.15, 0.2) is 0 Å². The van der Waals surface area contributed by atoms with Gasteiger partial charge in [0.25, 0.3) is 0 Å². The van der Waals surface area contributed by atoms with Crippen molar-refractivity contribution in [2.45, 2.75) is 0 Å². The molecule has 1 aromatic rings. The Balaban J connectivity index is 1.89. The Morgan fingerprint density at radius 1 is 1.44 bits per heavy atom. The van der Waals surface area contributed by atoms with Crippen molar-refractivity contribution in [1.82, 2.24) is 9.95 Å². The Hall–Kier alpha value is -1.52. The second-order valence-corrected chi connectivity index (χ2v) is 3.62. The molecule has 0 aliphatic carbocycles. The highest BCUT2D eigenvalue weighted by Gasteiger charge is 2.14. The first-order valence-corrected chi connectivity index (χ1v) is 5.22. The molecule has 1 N–H and O–H groups in total. The van der Waals surface area contributed by atoms with Gasteiger partial charge in [-0.15, -0.1) is 0 Å². The van der Waals surface area contributed by atoms with Gasteiger partial charge in [0, 0.05) is 18.3 Å². The first-order chi connectivity index (χ1) is 7.77. The van der Waals surface area contributed by atoms with Crippen molar-refractivity contribution in [3.8, 4) is 0 Å². The third-order valence-electron chi connectivity index (χ3n) is 2.18. The van der Waals surface area contributed by atoms with Crippen molar-refractivity contribution >= 4 is 17.7 Å². The molecule has 0 radical (unpaired) electrons. The summed E-state index contributed by atoms with van der Waals surface area (Å²) in [6, 6.07) is 8.85. The molecule has 1 heterocycles. The van der Waals surface area contributed by atoms with Crippen LogP contribution in [-0.2, 0) is 4.74 Å². The lowest BCUT2D eigenvalue weighted by atomic mass is 10.2. The number of hydrogen-bond donors (Lipinski definition) is 1. The lowest BCUT2D eigenvalue weighted by molar-refractivity contribution is 0.0524. The van der Waals surface area contributed by atoms with Crippen LogP contribution in [0.1, 0.15) is 10.4 Å². The van der Waals surface area contributed by atoms with Crippen LogP contribution < -0.4 is 5.43 Å². The van der Waals surface area contributed by atoms with Crippen LogP contribution in [0.4, 0.5) is 0 Å². The SMILES string of the molecule is O=C(OCC1=CCNN1Cl)c1ccccc1. The minimum absolute atomic E-state index is 0.171. The van der Waals surface area contributed by atoms with Crippen LogP contribution in [0.15, 0.2) is 42.1 Å². The van der Waals surface area contributed by atoms with E-state index in [0.717, 1.165) is 5.70 Å². The Kier molecular flexibility index (Phi) is 3.44. The molecule has 0 unspecified atom stereocenters. The Morgan fingerprint density at radius 2 is 2.19 bits per heavy atom. The normalized spacial score (nSPS) is 14.8. The fourth-order valence-electron chi connectivity index (χ4n) is 1.34. The number of carbonyl (C=O) groups excluding carboxylic acids is 1. The van der Waals surface area contributed by atoms with Crippen LogP contribution in [0.2, 0.25) is 0 Å². The lowest BCUT2D eigenvalue weighted by Gasteiger charge is -2.12. The standard InChI is InChI=1S/C11H11ClN2O2/c12-14-10(6-7-13-14)8-16-11(15)9-4-2-1-3-5-9/h1-6,13H,7-8H2. The Morgan fingerprint density at radius 3 is 2.81 bits per heavy atom. The van der Waals surface area contributed by atoms with E-state index in [0.29, 0.717) is 12.1 Å². The van der Waals surface area contributed by atoms with Gasteiger partial charge in [-0.05, 0) is 18.2 Å². The molecule has 0 atom stereocenters. The molecular formula is C11H11ClN2O2.